The molecule has 0 aliphatic heterocycles. The summed E-state index contributed by atoms with van der Waals surface area (Å²) in [6.45, 7) is 1.85. The molecule has 108 valence electrons. The monoisotopic (exact) mass is 296 g/mol. The van der Waals surface area contributed by atoms with Gasteiger partial charge in [0, 0.05) is 29.5 Å². The van der Waals surface area contributed by atoms with Gasteiger partial charge in [-0.25, -0.2) is 4.40 Å². The number of benzene rings is 1. The Kier molecular flexibility index (Phi) is 2.40. The third-order valence-electron chi connectivity index (χ3n) is 3.33. The molecular formula is C12H8N8O2. The summed E-state index contributed by atoms with van der Waals surface area (Å²) in [6.07, 6.45) is 0. The van der Waals surface area contributed by atoms with Gasteiger partial charge in [-0.3, -0.25) is 10.1 Å². The molecule has 4 aromatic rings. The van der Waals surface area contributed by atoms with Crippen LogP contribution in [0.25, 0.3) is 22.8 Å². The van der Waals surface area contributed by atoms with Gasteiger partial charge in [0.05, 0.1) is 4.92 Å². The van der Waals surface area contributed by atoms with Gasteiger partial charge in [-0.2, -0.15) is 4.52 Å². The third-order valence-corrected chi connectivity index (χ3v) is 3.33. The molecule has 0 radical (unpaired) electrons. The summed E-state index contributed by atoms with van der Waals surface area (Å²) in [5, 5.41) is 30.7. The smallest absolute Gasteiger partial charge is 0.258 e. The van der Waals surface area contributed by atoms with E-state index in [1.807, 2.05) is 6.92 Å². The molecule has 1 aromatic carbocycles. The molecule has 10 nitrogen and oxygen atoms in total. The fraction of sp³-hybridized carbons (Fsp3) is 0.0833. The lowest BCUT2D eigenvalue weighted by Crippen LogP contribution is -2.01. The second-order valence-electron chi connectivity index (χ2n) is 4.70. The standard InChI is InChI=1S/C12H8N8O2/c1-7-5-10-13-14-11(18(10)12-15-16-17-19(7)12)8-3-2-4-9(6-8)20(21)22/h2-6H,1H3. The topological polar surface area (TPSA) is 116 Å². The second-order valence-corrected chi connectivity index (χ2v) is 4.70. The fourth-order valence-corrected chi connectivity index (χ4v) is 2.33. The average molecular weight is 296 g/mol. The molecule has 0 atom stereocenters. The van der Waals surface area contributed by atoms with Crippen LogP contribution in [0.5, 0.6) is 0 Å². The lowest BCUT2D eigenvalue weighted by atomic mass is 10.2. The molecule has 22 heavy (non-hydrogen) atoms. The molecule has 0 unspecified atom stereocenters. The number of aryl methyl sites for hydroxylation is 1. The first-order valence-electron chi connectivity index (χ1n) is 6.33. The minimum absolute atomic E-state index is 0.0167. The highest BCUT2D eigenvalue weighted by Crippen LogP contribution is 2.24. The van der Waals surface area contributed by atoms with Crippen molar-refractivity contribution in [3.05, 3.63) is 46.1 Å². The van der Waals surface area contributed by atoms with Gasteiger partial charge in [0.25, 0.3) is 11.5 Å². The molecule has 0 spiro atoms. The summed E-state index contributed by atoms with van der Waals surface area (Å²) in [4.78, 5) is 10.5. The Morgan fingerprint density at radius 3 is 2.86 bits per heavy atom. The number of nitro benzene ring substituents is 1. The van der Waals surface area contributed by atoms with Gasteiger partial charge >= 0.3 is 0 Å². The Balaban J connectivity index is 2.06. The largest absolute Gasteiger partial charge is 0.270 e. The number of nitro groups is 1. The van der Waals surface area contributed by atoms with Crippen LogP contribution in [-0.4, -0.2) is 39.6 Å². The molecule has 0 saturated heterocycles. The molecule has 3 heterocycles. The van der Waals surface area contributed by atoms with E-state index in [2.05, 4.69) is 25.7 Å². The average Bonchev–Trinajstić information content (AvgIpc) is 3.13. The zero-order chi connectivity index (χ0) is 15.3. The summed E-state index contributed by atoms with van der Waals surface area (Å²) in [6, 6.07) is 7.98. The van der Waals surface area contributed by atoms with E-state index in [1.165, 1.54) is 12.1 Å². The SMILES string of the molecule is Cc1cc2nnc(-c3cccc([N+](=O)[O-])c3)n2c2nnnn12. The van der Waals surface area contributed by atoms with Crippen molar-refractivity contribution in [2.24, 2.45) is 0 Å². The normalized spacial score (nSPS) is 11.3. The minimum Gasteiger partial charge on any atom is -0.258 e. The lowest BCUT2D eigenvalue weighted by molar-refractivity contribution is -0.384. The predicted molar refractivity (Wildman–Crippen MR) is 74.2 cm³/mol. The molecule has 4 rings (SSSR count). The first kappa shape index (κ1) is 12.3. The maximum atomic E-state index is 10.9. The highest BCUT2D eigenvalue weighted by Gasteiger charge is 2.16. The van der Waals surface area contributed by atoms with E-state index >= 15 is 0 Å². The van der Waals surface area contributed by atoms with Crippen molar-refractivity contribution < 1.29 is 4.92 Å². The van der Waals surface area contributed by atoms with E-state index in [0.717, 1.165) is 5.69 Å². The van der Waals surface area contributed by atoms with Crippen molar-refractivity contribution in [2.45, 2.75) is 6.92 Å². The quantitative estimate of drug-likeness (QED) is 0.401. The summed E-state index contributed by atoms with van der Waals surface area (Å²) in [5.74, 6) is 0.889. The van der Waals surface area contributed by atoms with E-state index in [0.29, 0.717) is 22.8 Å². The van der Waals surface area contributed by atoms with Gasteiger partial charge in [0.1, 0.15) is 0 Å². The van der Waals surface area contributed by atoms with Crippen molar-refractivity contribution in [1.29, 1.82) is 0 Å². The van der Waals surface area contributed by atoms with Gasteiger partial charge < -0.3 is 0 Å². The first-order valence-corrected chi connectivity index (χ1v) is 6.33. The summed E-state index contributed by atoms with van der Waals surface area (Å²) < 4.78 is 3.21. The molecule has 0 N–H and O–H groups in total. The number of aromatic nitrogens is 7. The summed E-state index contributed by atoms with van der Waals surface area (Å²) in [5.41, 5.74) is 1.93. The van der Waals surface area contributed by atoms with E-state index in [-0.39, 0.29) is 5.69 Å². The molecule has 0 aliphatic carbocycles. The zero-order valence-corrected chi connectivity index (χ0v) is 11.3. The number of fused-ring (bicyclic) bond motifs is 3. The number of non-ortho nitro benzene ring substituents is 1. The van der Waals surface area contributed by atoms with Crippen molar-refractivity contribution in [3.8, 4) is 11.4 Å². The molecular weight excluding hydrogens is 288 g/mol. The number of tetrazole rings is 1. The van der Waals surface area contributed by atoms with Gasteiger partial charge in [0.15, 0.2) is 11.5 Å². The minimum atomic E-state index is -0.453. The van der Waals surface area contributed by atoms with Crippen LogP contribution in [0.1, 0.15) is 5.69 Å². The molecule has 10 heteroatoms. The lowest BCUT2D eigenvalue weighted by Gasteiger charge is -2.02. The van der Waals surface area contributed by atoms with Crippen molar-refractivity contribution in [2.75, 3.05) is 0 Å². The first-order chi connectivity index (χ1) is 10.6. The maximum Gasteiger partial charge on any atom is 0.270 e. The summed E-state index contributed by atoms with van der Waals surface area (Å²) >= 11 is 0. The van der Waals surface area contributed by atoms with Gasteiger partial charge in [0.2, 0.25) is 0 Å². The molecule has 0 amide bonds. The summed E-state index contributed by atoms with van der Waals surface area (Å²) in [7, 11) is 0. The molecule has 0 saturated carbocycles. The van der Waals surface area contributed by atoms with Crippen LogP contribution in [0.15, 0.2) is 30.3 Å². The van der Waals surface area contributed by atoms with Crippen LogP contribution in [0, 0.1) is 17.0 Å². The van der Waals surface area contributed by atoms with Gasteiger partial charge in [-0.1, -0.05) is 17.2 Å². The van der Waals surface area contributed by atoms with E-state index < -0.39 is 4.92 Å². The van der Waals surface area contributed by atoms with Crippen LogP contribution in [0.2, 0.25) is 0 Å². The highest BCUT2D eigenvalue weighted by atomic mass is 16.6. The van der Waals surface area contributed by atoms with E-state index in [9.17, 15) is 10.1 Å². The van der Waals surface area contributed by atoms with E-state index in [4.69, 9.17) is 0 Å². The molecule has 0 bridgehead atoms. The fourth-order valence-electron chi connectivity index (χ4n) is 2.33. The van der Waals surface area contributed by atoms with Crippen molar-refractivity contribution >= 4 is 17.1 Å². The Bertz CT molecular complexity index is 1030. The number of hydrogen-bond donors (Lipinski definition) is 0. The van der Waals surface area contributed by atoms with Gasteiger partial charge in [-0.05, 0) is 17.4 Å². The van der Waals surface area contributed by atoms with Crippen LogP contribution in [-0.2, 0) is 0 Å². The van der Waals surface area contributed by atoms with Crippen LogP contribution in [0.4, 0.5) is 5.69 Å². The van der Waals surface area contributed by atoms with Crippen molar-refractivity contribution in [1.82, 2.24) is 34.6 Å². The second kappa shape index (κ2) is 4.28. The Morgan fingerprint density at radius 2 is 2.05 bits per heavy atom. The third kappa shape index (κ3) is 1.63. The Morgan fingerprint density at radius 1 is 1.18 bits per heavy atom. The highest BCUT2D eigenvalue weighted by molar-refractivity contribution is 5.65. The Labute approximate surface area is 122 Å². The van der Waals surface area contributed by atoms with Crippen molar-refractivity contribution in [3.63, 3.8) is 0 Å². The van der Waals surface area contributed by atoms with Crippen LogP contribution < -0.4 is 0 Å². The number of nitrogens with zero attached hydrogens (tertiary/aromatic N) is 8. The molecule has 3 aromatic heterocycles. The van der Waals surface area contributed by atoms with Crippen LogP contribution in [0.3, 0.4) is 0 Å². The maximum absolute atomic E-state index is 10.9. The number of rotatable bonds is 2. The van der Waals surface area contributed by atoms with Crippen LogP contribution >= 0.6 is 0 Å². The Hall–Kier alpha value is -3.43. The zero-order valence-electron chi connectivity index (χ0n) is 11.3. The van der Waals surface area contributed by atoms with E-state index in [1.54, 1.807) is 27.1 Å². The molecule has 0 aliphatic rings. The number of hydrogen-bond acceptors (Lipinski definition) is 7. The predicted octanol–water partition coefficient (Wildman–Crippen LogP) is 1.05. The molecule has 0 fully saturated rings. The van der Waals surface area contributed by atoms with Gasteiger partial charge in [-0.15, -0.1) is 10.2 Å².